The minimum atomic E-state index is -4.59. The maximum atomic E-state index is 12.9. The van der Waals surface area contributed by atoms with E-state index in [1.165, 1.54) is 6.20 Å². The van der Waals surface area contributed by atoms with Crippen molar-refractivity contribution in [3.05, 3.63) is 29.8 Å². The highest BCUT2D eigenvalue weighted by Gasteiger charge is 2.38. The predicted molar refractivity (Wildman–Crippen MR) is 60.5 cm³/mol. The Labute approximate surface area is 105 Å². The van der Waals surface area contributed by atoms with Gasteiger partial charge in [0.2, 0.25) is 5.82 Å². The van der Waals surface area contributed by atoms with Gasteiger partial charge in [0.15, 0.2) is 11.3 Å². The van der Waals surface area contributed by atoms with Crippen molar-refractivity contribution in [2.24, 2.45) is 0 Å². The van der Waals surface area contributed by atoms with Crippen molar-refractivity contribution in [2.45, 2.75) is 19.5 Å². The molecule has 98 valence electrons. The van der Waals surface area contributed by atoms with E-state index in [1.807, 2.05) is 0 Å². The van der Waals surface area contributed by atoms with E-state index in [0.717, 1.165) is 4.40 Å². The second-order valence-electron chi connectivity index (χ2n) is 3.94. The fourth-order valence-electron chi connectivity index (χ4n) is 1.94. The number of hydrogen-bond donors (Lipinski definition) is 0. The Morgan fingerprint density at radius 3 is 2.68 bits per heavy atom. The molecule has 0 unspecified atom stereocenters. The Morgan fingerprint density at radius 2 is 2.00 bits per heavy atom. The number of aromatic nitrogens is 5. The molecule has 0 saturated heterocycles. The van der Waals surface area contributed by atoms with Gasteiger partial charge in [0.05, 0.1) is 5.69 Å². The Bertz CT molecular complexity index is 762. The van der Waals surface area contributed by atoms with E-state index < -0.39 is 12.0 Å². The zero-order valence-corrected chi connectivity index (χ0v) is 9.81. The summed E-state index contributed by atoms with van der Waals surface area (Å²) in [6, 6.07) is 3.24. The van der Waals surface area contributed by atoms with E-state index in [4.69, 9.17) is 0 Å². The fourth-order valence-corrected chi connectivity index (χ4v) is 1.94. The smallest absolute Gasteiger partial charge is 0.252 e. The van der Waals surface area contributed by atoms with Gasteiger partial charge in [-0.3, -0.25) is 4.40 Å². The summed E-state index contributed by atoms with van der Waals surface area (Å²) in [5, 5.41) is 6.83. The number of fused-ring (bicyclic) bond motifs is 3. The molecular formula is C11H8F3N5. The summed E-state index contributed by atoms with van der Waals surface area (Å²) in [6.07, 6.45) is -2.71. The van der Waals surface area contributed by atoms with Crippen LogP contribution in [0.25, 0.3) is 16.8 Å². The highest BCUT2D eigenvalue weighted by atomic mass is 19.4. The highest BCUT2D eigenvalue weighted by Crippen LogP contribution is 2.30. The van der Waals surface area contributed by atoms with Crippen molar-refractivity contribution >= 4 is 16.8 Å². The van der Waals surface area contributed by atoms with Crippen molar-refractivity contribution < 1.29 is 13.2 Å². The van der Waals surface area contributed by atoms with Crippen molar-refractivity contribution in [3.63, 3.8) is 0 Å². The lowest BCUT2D eigenvalue weighted by molar-refractivity contribution is -0.145. The van der Waals surface area contributed by atoms with Gasteiger partial charge in [-0.1, -0.05) is 6.92 Å². The molecule has 0 bridgehead atoms. The van der Waals surface area contributed by atoms with E-state index in [2.05, 4.69) is 20.2 Å². The Hall–Kier alpha value is -2.25. The normalized spacial score (nSPS) is 12.4. The average Bonchev–Trinajstić information content (AvgIpc) is 2.82. The molecule has 0 aliphatic carbocycles. The van der Waals surface area contributed by atoms with Crippen LogP contribution in [0.2, 0.25) is 0 Å². The van der Waals surface area contributed by atoms with Crippen LogP contribution in [-0.4, -0.2) is 24.6 Å². The molecule has 0 spiro atoms. The Kier molecular flexibility index (Phi) is 2.41. The zero-order valence-electron chi connectivity index (χ0n) is 9.81. The van der Waals surface area contributed by atoms with Crippen molar-refractivity contribution in [1.29, 1.82) is 0 Å². The number of nitrogens with zero attached hydrogens (tertiary/aromatic N) is 5. The Balaban J connectivity index is 2.53. The lowest BCUT2D eigenvalue weighted by Crippen LogP contribution is -2.12. The molecule has 0 saturated carbocycles. The third-order valence-electron chi connectivity index (χ3n) is 2.74. The summed E-state index contributed by atoms with van der Waals surface area (Å²) in [5.74, 6) is -1.08. The maximum absolute atomic E-state index is 12.9. The minimum Gasteiger partial charge on any atom is -0.252 e. The van der Waals surface area contributed by atoms with Crippen LogP contribution in [0, 0.1) is 0 Å². The minimum absolute atomic E-state index is 0.0982. The summed E-state index contributed by atoms with van der Waals surface area (Å²) in [4.78, 5) is 8.22. The van der Waals surface area contributed by atoms with Crippen LogP contribution in [0.5, 0.6) is 0 Å². The van der Waals surface area contributed by atoms with Crippen LogP contribution in [0.4, 0.5) is 13.2 Å². The summed E-state index contributed by atoms with van der Waals surface area (Å²) < 4.78 is 39.7. The van der Waals surface area contributed by atoms with Gasteiger partial charge in [-0.15, -0.1) is 10.2 Å². The van der Waals surface area contributed by atoms with Crippen LogP contribution in [-0.2, 0) is 12.6 Å². The summed E-state index contributed by atoms with van der Waals surface area (Å²) >= 11 is 0. The molecule has 3 rings (SSSR count). The van der Waals surface area contributed by atoms with Crippen LogP contribution >= 0.6 is 0 Å². The standard InChI is InChI=1S/C11H8F3N5/c1-2-6-9-17-18-10(11(12,13)14)19(9)8-7(16-6)4-3-5-15-8/h3-5H,2H2,1H3. The number of halogens is 3. The first-order chi connectivity index (χ1) is 9.02. The molecule has 0 N–H and O–H groups in total. The van der Waals surface area contributed by atoms with Crippen molar-refractivity contribution in [2.75, 3.05) is 0 Å². The van der Waals surface area contributed by atoms with Crippen LogP contribution in [0.15, 0.2) is 18.3 Å². The van der Waals surface area contributed by atoms with Gasteiger partial charge < -0.3 is 0 Å². The van der Waals surface area contributed by atoms with E-state index >= 15 is 0 Å². The fraction of sp³-hybridized carbons (Fsp3) is 0.273. The van der Waals surface area contributed by atoms with Crippen molar-refractivity contribution in [1.82, 2.24) is 24.6 Å². The molecule has 0 fully saturated rings. The second kappa shape index (κ2) is 3.87. The van der Waals surface area contributed by atoms with Crippen LogP contribution < -0.4 is 0 Å². The average molecular weight is 267 g/mol. The predicted octanol–water partition coefficient (Wildman–Crippen LogP) is 2.25. The molecule has 19 heavy (non-hydrogen) atoms. The number of alkyl halides is 3. The summed E-state index contributed by atoms with van der Waals surface area (Å²) in [5.41, 5.74) is 1.05. The van der Waals surface area contributed by atoms with Gasteiger partial charge in [0, 0.05) is 6.20 Å². The lowest BCUT2D eigenvalue weighted by Gasteiger charge is -2.07. The molecule has 3 aromatic rings. The van der Waals surface area contributed by atoms with Gasteiger partial charge >= 0.3 is 6.18 Å². The first-order valence-electron chi connectivity index (χ1n) is 5.58. The molecule has 0 radical (unpaired) electrons. The third-order valence-corrected chi connectivity index (χ3v) is 2.74. The summed E-state index contributed by atoms with van der Waals surface area (Å²) in [7, 11) is 0. The Morgan fingerprint density at radius 1 is 1.21 bits per heavy atom. The molecule has 0 amide bonds. The molecule has 3 heterocycles. The lowest BCUT2D eigenvalue weighted by atomic mass is 10.3. The third kappa shape index (κ3) is 1.71. The van der Waals surface area contributed by atoms with Gasteiger partial charge in [0.1, 0.15) is 5.52 Å². The molecule has 0 atom stereocenters. The molecular weight excluding hydrogens is 259 g/mol. The summed E-state index contributed by atoms with van der Waals surface area (Å²) in [6.45, 7) is 1.80. The zero-order chi connectivity index (χ0) is 13.6. The van der Waals surface area contributed by atoms with Gasteiger partial charge in [0.25, 0.3) is 0 Å². The van der Waals surface area contributed by atoms with E-state index in [1.54, 1.807) is 19.1 Å². The van der Waals surface area contributed by atoms with Gasteiger partial charge in [-0.25, -0.2) is 9.97 Å². The topological polar surface area (TPSA) is 56.0 Å². The largest absolute Gasteiger partial charge is 0.452 e. The highest BCUT2D eigenvalue weighted by molar-refractivity contribution is 5.74. The number of aryl methyl sites for hydroxylation is 1. The number of hydrogen-bond acceptors (Lipinski definition) is 4. The molecule has 5 nitrogen and oxygen atoms in total. The second-order valence-corrected chi connectivity index (χ2v) is 3.94. The quantitative estimate of drug-likeness (QED) is 0.678. The molecule has 0 aliphatic heterocycles. The first-order valence-corrected chi connectivity index (χ1v) is 5.58. The van der Waals surface area contributed by atoms with Crippen LogP contribution in [0.1, 0.15) is 18.4 Å². The van der Waals surface area contributed by atoms with E-state index in [-0.39, 0.29) is 11.3 Å². The number of pyridine rings is 1. The monoisotopic (exact) mass is 267 g/mol. The van der Waals surface area contributed by atoms with Crippen LogP contribution in [0.3, 0.4) is 0 Å². The van der Waals surface area contributed by atoms with Gasteiger partial charge in [-0.05, 0) is 18.6 Å². The maximum Gasteiger partial charge on any atom is 0.452 e. The first kappa shape index (κ1) is 11.8. The molecule has 0 aliphatic rings. The molecule has 8 heteroatoms. The van der Waals surface area contributed by atoms with E-state index in [9.17, 15) is 13.2 Å². The SMILES string of the molecule is CCc1nc2cccnc2n2c(C(F)(F)F)nnc12. The molecule has 0 aromatic carbocycles. The van der Waals surface area contributed by atoms with Gasteiger partial charge in [-0.2, -0.15) is 13.2 Å². The van der Waals surface area contributed by atoms with Crippen molar-refractivity contribution in [3.8, 4) is 0 Å². The van der Waals surface area contributed by atoms with E-state index in [0.29, 0.717) is 17.6 Å². The molecule has 3 aromatic heterocycles. The number of rotatable bonds is 1.